The van der Waals surface area contributed by atoms with Gasteiger partial charge in [-0.05, 0) is 13.8 Å². The fourth-order valence-corrected chi connectivity index (χ4v) is 0.204. The topological polar surface area (TPSA) is 9.23 Å². The molecule has 0 aromatic rings. The van der Waals surface area contributed by atoms with Gasteiger partial charge in [0.1, 0.15) is 0 Å². The van der Waals surface area contributed by atoms with E-state index >= 15 is 0 Å². The molecule has 0 fully saturated rings. The quantitative estimate of drug-likeness (QED) is 0.464. The fourth-order valence-electron chi connectivity index (χ4n) is 0.204. The molecule has 0 N–H and O–H groups in total. The van der Waals surface area contributed by atoms with Crippen molar-refractivity contribution in [1.82, 2.24) is 0 Å². The second-order valence-electron chi connectivity index (χ2n) is 0.781. The van der Waals surface area contributed by atoms with Crippen molar-refractivity contribution in [2.75, 3.05) is 13.2 Å². The minimum atomic E-state index is 0. The van der Waals surface area contributed by atoms with Gasteiger partial charge in [-0.15, -0.1) is 0 Å². The Morgan fingerprint density at radius 2 is 1.50 bits per heavy atom. The monoisotopic (exact) mass is 101 g/mol. The van der Waals surface area contributed by atoms with Gasteiger partial charge >= 0.3 is 17.4 Å². The zero-order valence-electron chi connectivity index (χ0n) is 4.40. The summed E-state index contributed by atoms with van der Waals surface area (Å²) in [7, 11) is 0. The average Bonchev–Trinajstić information content (AvgIpc) is 1.41. The first-order valence-corrected chi connectivity index (χ1v) is 1.99. The predicted molar refractivity (Wildman–Crippen MR) is 27.9 cm³/mol. The summed E-state index contributed by atoms with van der Waals surface area (Å²) >= 11 is 0. The van der Waals surface area contributed by atoms with Crippen molar-refractivity contribution in [2.45, 2.75) is 13.8 Å². The molecule has 2 heteroatoms. The van der Waals surface area contributed by atoms with Crippen LogP contribution < -0.4 is 0 Å². The maximum absolute atomic E-state index is 4.83. The Morgan fingerprint density at radius 1 is 1.17 bits per heavy atom. The second kappa shape index (κ2) is 9.09. The van der Waals surface area contributed by atoms with Crippen molar-refractivity contribution >= 4 is 17.4 Å². The van der Waals surface area contributed by atoms with E-state index in [2.05, 4.69) is 0 Å². The molecular weight excluding hydrogens is 91.0 g/mol. The van der Waals surface area contributed by atoms with Gasteiger partial charge in [-0.2, -0.15) is 0 Å². The largest absolute Gasteiger partial charge is 3.00 e. The first-order chi connectivity index (χ1) is 2.41. The molecule has 0 amide bonds. The Hall–Kier alpha value is 0.492. The molecule has 6 heavy (non-hydrogen) atoms. The van der Waals surface area contributed by atoms with Crippen LogP contribution in [-0.4, -0.2) is 30.6 Å². The van der Waals surface area contributed by atoms with Crippen LogP contribution in [0.15, 0.2) is 0 Å². The van der Waals surface area contributed by atoms with E-state index in [4.69, 9.17) is 4.74 Å². The van der Waals surface area contributed by atoms with Crippen LogP contribution >= 0.6 is 0 Å². The van der Waals surface area contributed by atoms with Crippen molar-refractivity contribution in [3.8, 4) is 0 Å². The Labute approximate surface area is 49.8 Å². The first-order valence-electron chi connectivity index (χ1n) is 1.99. The summed E-state index contributed by atoms with van der Waals surface area (Å²) in [6.45, 7) is 5.67. The molecule has 0 rings (SSSR count). The molecule has 0 spiro atoms. The second-order valence-corrected chi connectivity index (χ2v) is 0.781. The van der Waals surface area contributed by atoms with Crippen molar-refractivity contribution in [1.29, 1.82) is 0 Å². The van der Waals surface area contributed by atoms with Gasteiger partial charge < -0.3 is 4.74 Å². The van der Waals surface area contributed by atoms with Gasteiger partial charge in [0.25, 0.3) is 0 Å². The Balaban J connectivity index is 0. The van der Waals surface area contributed by atoms with Crippen LogP contribution in [-0.2, 0) is 4.74 Å². The van der Waals surface area contributed by atoms with Crippen LogP contribution in [0, 0.1) is 0 Å². The molecule has 1 nitrogen and oxygen atoms in total. The van der Waals surface area contributed by atoms with Gasteiger partial charge in [0.05, 0.1) is 0 Å². The molecule has 0 atom stereocenters. The van der Waals surface area contributed by atoms with Gasteiger partial charge in [-0.1, -0.05) is 0 Å². The van der Waals surface area contributed by atoms with Gasteiger partial charge in [-0.25, -0.2) is 0 Å². The molecule has 0 aliphatic heterocycles. The molecule has 0 aromatic carbocycles. The summed E-state index contributed by atoms with van der Waals surface area (Å²) in [5.41, 5.74) is 0. The maximum atomic E-state index is 4.83. The zero-order valence-corrected chi connectivity index (χ0v) is 5.55. The summed E-state index contributed by atoms with van der Waals surface area (Å²) in [5.74, 6) is 0. The van der Waals surface area contributed by atoms with E-state index in [9.17, 15) is 0 Å². The molecule has 0 aliphatic rings. The van der Waals surface area contributed by atoms with Crippen LogP contribution in [0.4, 0.5) is 0 Å². The fraction of sp³-hybridized carbons (Fsp3) is 1.00. The summed E-state index contributed by atoms with van der Waals surface area (Å²) in [6, 6.07) is 0. The summed E-state index contributed by atoms with van der Waals surface area (Å²) in [6.07, 6.45) is 0. The van der Waals surface area contributed by atoms with E-state index in [0.717, 1.165) is 13.2 Å². The van der Waals surface area contributed by atoms with Crippen LogP contribution in [0.2, 0.25) is 0 Å². The molecule has 32 valence electrons. The van der Waals surface area contributed by atoms with Crippen LogP contribution in [0.25, 0.3) is 0 Å². The van der Waals surface area contributed by atoms with E-state index in [-0.39, 0.29) is 17.4 Å². The zero-order chi connectivity index (χ0) is 4.12. The summed E-state index contributed by atoms with van der Waals surface area (Å²) in [4.78, 5) is 0. The van der Waals surface area contributed by atoms with Crippen LogP contribution in [0.3, 0.4) is 0 Å². The van der Waals surface area contributed by atoms with Crippen molar-refractivity contribution in [3.63, 3.8) is 0 Å². The van der Waals surface area contributed by atoms with Crippen molar-refractivity contribution < 1.29 is 4.74 Å². The van der Waals surface area contributed by atoms with E-state index in [0.29, 0.717) is 0 Å². The molecule has 0 aliphatic carbocycles. The molecule has 0 radical (unpaired) electrons. The molecule has 0 aromatic heterocycles. The summed E-state index contributed by atoms with van der Waals surface area (Å²) < 4.78 is 4.83. The third kappa shape index (κ3) is 8.82. The molecule has 0 heterocycles. The molecular formula is C4H10AlO+3. The minimum Gasteiger partial charge on any atom is -0.382 e. The molecule has 0 saturated heterocycles. The van der Waals surface area contributed by atoms with E-state index in [1.807, 2.05) is 13.8 Å². The molecule has 0 unspecified atom stereocenters. The molecule has 0 saturated carbocycles. The number of hydrogen-bond donors (Lipinski definition) is 0. The standard InChI is InChI=1S/C4H10O.Al/c1-3-5-4-2;/h3-4H2,1-2H3;/q;+3. The predicted octanol–water partition coefficient (Wildman–Crippen LogP) is 0.662. The van der Waals surface area contributed by atoms with Gasteiger partial charge in [0, 0.05) is 13.2 Å². The first kappa shape index (κ1) is 9.70. The van der Waals surface area contributed by atoms with E-state index < -0.39 is 0 Å². The summed E-state index contributed by atoms with van der Waals surface area (Å²) in [5, 5.41) is 0. The Morgan fingerprint density at radius 3 is 1.50 bits per heavy atom. The van der Waals surface area contributed by atoms with E-state index in [1.165, 1.54) is 0 Å². The number of hydrogen-bond acceptors (Lipinski definition) is 1. The van der Waals surface area contributed by atoms with Crippen molar-refractivity contribution in [2.24, 2.45) is 0 Å². The minimum absolute atomic E-state index is 0. The van der Waals surface area contributed by atoms with E-state index in [1.54, 1.807) is 0 Å². The Kier molecular flexibility index (Phi) is 14.7. The van der Waals surface area contributed by atoms with Gasteiger partial charge in [-0.3, -0.25) is 0 Å². The SMILES string of the molecule is CCOCC.[Al+3]. The number of ether oxygens (including phenoxy) is 1. The van der Waals surface area contributed by atoms with Crippen LogP contribution in [0.5, 0.6) is 0 Å². The maximum Gasteiger partial charge on any atom is 3.00 e. The normalized spacial score (nSPS) is 7.00. The average molecular weight is 101 g/mol. The van der Waals surface area contributed by atoms with Gasteiger partial charge in [0.15, 0.2) is 0 Å². The van der Waals surface area contributed by atoms with Gasteiger partial charge in [0.2, 0.25) is 0 Å². The van der Waals surface area contributed by atoms with Crippen LogP contribution in [0.1, 0.15) is 13.8 Å². The third-order valence-corrected chi connectivity index (χ3v) is 0.408. The van der Waals surface area contributed by atoms with Crippen molar-refractivity contribution in [3.05, 3.63) is 0 Å². The number of rotatable bonds is 2. The Bertz CT molecular complexity index is 15.0. The smallest absolute Gasteiger partial charge is 0.382 e. The third-order valence-electron chi connectivity index (χ3n) is 0.408. The molecule has 0 bridgehead atoms.